The van der Waals surface area contributed by atoms with Crippen LogP contribution >= 0.6 is 11.6 Å². The molecule has 2 heterocycles. The molecule has 3 aromatic carbocycles. The summed E-state index contributed by atoms with van der Waals surface area (Å²) >= 11 is 6.21. The van der Waals surface area contributed by atoms with E-state index in [0.717, 1.165) is 11.4 Å². The molecule has 0 saturated carbocycles. The Kier molecular flexibility index (Phi) is 3.23. The molecule has 0 saturated heterocycles. The molecule has 26 heavy (non-hydrogen) atoms. The highest BCUT2D eigenvalue weighted by atomic mass is 35.5. The van der Waals surface area contributed by atoms with Crippen molar-refractivity contribution in [3.63, 3.8) is 0 Å². The maximum atomic E-state index is 12.9. The van der Waals surface area contributed by atoms with Gasteiger partial charge in [-0.25, -0.2) is 4.40 Å². The van der Waals surface area contributed by atoms with Gasteiger partial charge in [0.2, 0.25) is 0 Å². The third-order valence-electron chi connectivity index (χ3n) is 4.30. The van der Waals surface area contributed by atoms with Crippen molar-refractivity contribution in [1.82, 2.24) is 9.38 Å². The van der Waals surface area contributed by atoms with Crippen LogP contribution in [0.1, 0.15) is 0 Å². The van der Waals surface area contributed by atoms with E-state index in [1.165, 1.54) is 4.40 Å². The van der Waals surface area contributed by atoms with E-state index in [4.69, 9.17) is 16.0 Å². The molecule has 126 valence electrons. The zero-order valence-electron chi connectivity index (χ0n) is 13.4. The fraction of sp³-hybridized carbons (Fsp3) is 0. The number of nitrogens with one attached hydrogen (secondary N) is 1. The predicted octanol–water partition coefficient (Wildman–Crippen LogP) is 4.99. The summed E-state index contributed by atoms with van der Waals surface area (Å²) in [4.78, 5) is 17.3. The number of hydrogen-bond acceptors (Lipinski definition) is 4. The van der Waals surface area contributed by atoms with Gasteiger partial charge in [-0.1, -0.05) is 35.9 Å². The third kappa shape index (κ3) is 2.25. The van der Waals surface area contributed by atoms with Crippen LogP contribution in [0, 0.1) is 0 Å². The van der Waals surface area contributed by atoms with Crippen molar-refractivity contribution in [2.75, 3.05) is 5.32 Å². The normalized spacial score (nSPS) is 11.4. The highest BCUT2D eigenvalue weighted by Crippen LogP contribution is 2.27. The second-order valence-electron chi connectivity index (χ2n) is 5.94. The summed E-state index contributed by atoms with van der Waals surface area (Å²) in [5.41, 5.74) is 3.33. The topological polar surface area (TPSA) is 59.5 Å². The SMILES string of the molecule is O=c1c2ccccc2oc2nc3ccc(Nc4ccccc4Cl)cc3n12. The smallest absolute Gasteiger partial charge is 0.310 e. The number of fused-ring (bicyclic) bond motifs is 4. The van der Waals surface area contributed by atoms with Crippen LogP contribution in [0.4, 0.5) is 11.4 Å². The zero-order chi connectivity index (χ0) is 17.7. The van der Waals surface area contributed by atoms with Crippen LogP contribution in [0.5, 0.6) is 0 Å². The molecule has 6 heteroatoms. The van der Waals surface area contributed by atoms with Crippen LogP contribution in [-0.4, -0.2) is 9.38 Å². The molecule has 0 bridgehead atoms. The molecule has 1 N–H and O–H groups in total. The van der Waals surface area contributed by atoms with Crippen LogP contribution in [0.2, 0.25) is 5.02 Å². The van der Waals surface area contributed by atoms with Crippen LogP contribution in [-0.2, 0) is 0 Å². The van der Waals surface area contributed by atoms with Gasteiger partial charge in [-0.15, -0.1) is 0 Å². The summed E-state index contributed by atoms with van der Waals surface area (Å²) in [5.74, 6) is 0.276. The first kappa shape index (κ1) is 15.0. The average Bonchev–Trinajstić information content (AvgIpc) is 3.02. The summed E-state index contributed by atoms with van der Waals surface area (Å²) < 4.78 is 7.30. The minimum Gasteiger partial charge on any atom is -0.424 e. The van der Waals surface area contributed by atoms with E-state index >= 15 is 0 Å². The van der Waals surface area contributed by atoms with E-state index in [2.05, 4.69) is 10.3 Å². The second kappa shape index (κ2) is 5.61. The Morgan fingerprint density at radius 1 is 1.00 bits per heavy atom. The lowest BCUT2D eigenvalue weighted by molar-refractivity contribution is 0.616. The maximum Gasteiger partial charge on any atom is 0.310 e. The largest absolute Gasteiger partial charge is 0.424 e. The van der Waals surface area contributed by atoms with Gasteiger partial charge in [0.15, 0.2) is 0 Å². The second-order valence-corrected chi connectivity index (χ2v) is 6.35. The first-order valence-electron chi connectivity index (χ1n) is 8.06. The van der Waals surface area contributed by atoms with Crippen LogP contribution in [0.3, 0.4) is 0 Å². The Bertz CT molecular complexity index is 1350. The number of rotatable bonds is 2. The summed E-state index contributed by atoms with van der Waals surface area (Å²) in [6.07, 6.45) is 0. The number of hydrogen-bond donors (Lipinski definition) is 1. The highest BCUT2D eigenvalue weighted by molar-refractivity contribution is 6.33. The quantitative estimate of drug-likeness (QED) is 0.481. The minimum atomic E-state index is -0.153. The summed E-state index contributed by atoms with van der Waals surface area (Å²) in [6, 6.07) is 20.2. The van der Waals surface area contributed by atoms with E-state index in [-0.39, 0.29) is 11.4 Å². The molecule has 0 aliphatic heterocycles. The monoisotopic (exact) mass is 361 g/mol. The molecular formula is C20H12ClN3O2. The van der Waals surface area contributed by atoms with Crippen molar-refractivity contribution in [1.29, 1.82) is 0 Å². The molecule has 5 aromatic rings. The van der Waals surface area contributed by atoms with Gasteiger partial charge in [0.25, 0.3) is 5.56 Å². The predicted molar refractivity (Wildman–Crippen MR) is 103 cm³/mol. The lowest BCUT2D eigenvalue weighted by Crippen LogP contribution is -2.12. The molecule has 0 spiro atoms. The first-order valence-corrected chi connectivity index (χ1v) is 8.44. The Morgan fingerprint density at radius 2 is 1.81 bits per heavy atom. The van der Waals surface area contributed by atoms with Gasteiger partial charge in [0.05, 0.1) is 27.1 Å². The molecule has 0 amide bonds. The first-order chi connectivity index (χ1) is 12.7. The molecule has 0 atom stereocenters. The molecule has 5 nitrogen and oxygen atoms in total. The van der Waals surface area contributed by atoms with E-state index in [1.807, 2.05) is 54.6 Å². The van der Waals surface area contributed by atoms with Gasteiger partial charge >= 0.3 is 5.84 Å². The number of anilines is 2. The van der Waals surface area contributed by atoms with Gasteiger partial charge in [0, 0.05) is 5.69 Å². The van der Waals surface area contributed by atoms with Crippen molar-refractivity contribution in [3.8, 4) is 0 Å². The van der Waals surface area contributed by atoms with Crippen LogP contribution in [0.15, 0.2) is 75.9 Å². The van der Waals surface area contributed by atoms with E-state index < -0.39 is 0 Å². The lowest BCUT2D eigenvalue weighted by atomic mass is 10.2. The third-order valence-corrected chi connectivity index (χ3v) is 4.63. The Labute approximate surface area is 152 Å². The molecule has 0 aliphatic rings. The van der Waals surface area contributed by atoms with E-state index in [1.54, 1.807) is 12.1 Å². The van der Waals surface area contributed by atoms with Gasteiger partial charge in [-0.3, -0.25) is 4.79 Å². The fourth-order valence-electron chi connectivity index (χ4n) is 3.06. The van der Waals surface area contributed by atoms with Crippen molar-refractivity contribution in [2.45, 2.75) is 0 Å². The molecule has 0 unspecified atom stereocenters. The lowest BCUT2D eigenvalue weighted by Gasteiger charge is -2.08. The van der Waals surface area contributed by atoms with Crippen molar-refractivity contribution in [3.05, 3.63) is 82.1 Å². The molecule has 0 radical (unpaired) electrons. The summed E-state index contributed by atoms with van der Waals surface area (Å²) in [6.45, 7) is 0. The van der Waals surface area contributed by atoms with Crippen LogP contribution < -0.4 is 10.9 Å². The van der Waals surface area contributed by atoms with Crippen molar-refractivity contribution in [2.24, 2.45) is 0 Å². The number of halogens is 1. The zero-order valence-corrected chi connectivity index (χ0v) is 14.2. The van der Waals surface area contributed by atoms with Gasteiger partial charge in [-0.2, -0.15) is 4.98 Å². The molecule has 5 rings (SSSR count). The Balaban J connectivity index is 1.75. The maximum absolute atomic E-state index is 12.9. The minimum absolute atomic E-state index is 0.153. The fourth-order valence-corrected chi connectivity index (χ4v) is 3.25. The van der Waals surface area contributed by atoms with E-state index in [0.29, 0.717) is 27.0 Å². The molecule has 2 aromatic heterocycles. The standard InChI is InChI=1S/C20H12ClN3O2/c21-14-6-2-3-7-15(14)22-12-9-10-16-17(11-12)24-19(25)13-5-1-4-8-18(13)26-20(24)23-16/h1-11,22H. The molecule has 0 fully saturated rings. The number of para-hydroxylation sites is 2. The number of imidazole rings is 1. The number of nitrogens with zero attached hydrogens (tertiary/aromatic N) is 2. The van der Waals surface area contributed by atoms with Gasteiger partial charge < -0.3 is 9.73 Å². The molecule has 0 aliphatic carbocycles. The van der Waals surface area contributed by atoms with Crippen molar-refractivity contribution < 1.29 is 4.42 Å². The number of benzene rings is 3. The van der Waals surface area contributed by atoms with Gasteiger partial charge in [-0.05, 0) is 42.5 Å². The highest BCUT2D eigenvalue weighted by Gasteiger charge is 2.13. The number of aromatic nitrogens is 2. The van der Waals surface area contributed by atoms with E-state index in [9.17, 15) is 4.79 Å². The molecular weight excluding hydrogens is 350 g/mol. The Morgan fingerprint density at radius 3 is 2.69 bits per heavy atom. The summed E-state index contributed by atoms with van der Waals surface area (Å²) in [5, 5.41) is 4.41. The summed E-state index contributed by atoms with van der Waals surface area (Å²) in [7, 11) is 0. The van der Waals surface area contributed by atoms with Gasteiger partial charge in [0.1, 0.15) is 5.58 Å². The average molecular weight is 362 g/mol. The Hall–Kier alpha value is -3.31. The van der Waals surface area contributed by atoms with Crippen LogP contribution in [0.25, 0.3) is 27.8 Å². The van der Waals surface area contributed by atoms with Crippen molar-refractivity contribution >= 4 is 50.8 Å².